The normalized spacial score (nSPS) is 14.8. The SMILES string of the molecule is C#C.CN(CCN1CCOCC1)C(=O)c1cccc(C(=O)Nc2ccc(N3CCCCC3)cc2-c2cc(/C(N)=C/N(N)Cc3ccccc3)ccn2)c1. The van der Waals surface area contributed by atoms with E-state index in [-0.39, 0.29) is 11.8 Å². The summed E-state index contributed by atoms with van der Waals surface area (Å²) in [6.45, 7) is 6.98. The largest absolute Gasteiger partial charge is 0.397 e. The fourth-order valence-corrected chi connectivity index (χ4v) is 6.48. The van der Waals surface area contributed by atoms with E-state index in [0.29, 0.717) is 54.5 Å². The number of pyridine rings is 1. The van der Waals surface area contributed by atoms with Crippen molar-refractivity contribution in [1.82, 2.24) is 19.8 Å². The third-order valence-corrected chi connectivity index (χ3v) is 9.43. The smallest absolute Gasteiger partial charge is 0.255 e. The maximum atomic E-state index is 13.8. The molecule has 5 N–H and O–H groups in total. The minimum atomic E-state index is -0.317. The molecule has 0 atom stereocenters. The maximum absolute atomic E-state index is 13.8. The molecule has 0 bridgehead atoms. The first-order valence-corrected chi connectivity index (χ1v) is 18.0. The lowest BCUT2D eigenvalue weighted by molar-refractivity contribution is 0.0338. The van der Waals surface area contributed by atoms with Crippen LogP contribution in [0.5, 0.6) is 0 Å². The number of ether oxygens (including phenoxy) is 1. The molecule has 3 aromatic carbocycles. The molecule has 53 heavy (non-hydrogen) atoms. The van der Waals surface area contributed by atoms with Gasteiger partial charge in [-0.25, -0.2) is 5.84 Å². The second-order valence-corrected chi connectivity index (χ2v) is 13.2. The number of nitrogens with one attached hydrogen (secondary N) is 1. The highest BCUT2D eigenvalue weighted by molar-refractivity contribution is 6.08. The Balaban J connectivity index is 0.00000266. The first kappa shape index (κ1) is 38.6. The monoisotopic (exact) mass is 714 g/mol. The van der Waals surface area contributed by atoms with Crippen molar-refractivity contribution in [2.75, 3.05) is 69.7 Å². The van der Waals surface area contributed by atoms with Crippen molar-refractivity contribution in [2.45, 2.75) is 25.8 Å². The fraction of sp³-hybridized carbons (Fsp3) is 0.310. The third-order valence-electron chi connectivity index (χ3n) is 9.43. The number of anilines is 2. The van der Waals surface area contributed by atoms with Crippen LogP contribution >= 0.6 is 0 Å². The maximum Gasteiger partial charge on any atom is 0.255 e. The molecule has 0 spiro atoms. The van der Waals surface area contributed by atoms with Crippen LogP contribution in [0, 0.1) is 12.8 Å². The molecular formula is C42H50N8O3. The Morgan fingerprint density at radius 1 is 0.887 bits per heavy atom. The van der Waals surface area contributed by atoms with Gasteiger partial charge in [-0.3, -0.25) is 19.5 Å². The first-order chi connectivity index (χ1) is 25.8. The van der Waals surface area contributed by atoms with Gasteiger partial charge in [-0.1, -0.05) is 36.4 Å². The molecule has 2 aliphatic rings. The van der Waals surface area contributed by atoms with Crippen LogP contribution in [0.2, 0.25) is 0 Å². The summed E-state index contributed by atoms with van der Waals surface area (Å²) in [4.78, 5) is 38.2. The lowest BCUT2D eigenvalue weighted by Crippen LogP contribution is -2.41. The number of rotatable bonds is 12. The number of hydrogen-bond acceptors (Lipinski definition) is 9. The van der Waals surface area contributed by atoms with Crippen LogP contribution in [0.3, 0.4) is 0 Å². The Labute approximate surface area is 313 Å². The summed E-state index contributed by atoms with van der Waals surface area (Å²) >= 11 is 0. The van der Waals surface area contributed by atoms with Gasteiger partial charge in [0.15, 0.2) is 0 Å². The molecule has 2 fully saturated rings. The van der Waals surface area contributed by atoms with E-state index >= 15 is 0 Å². The van der Waals surface area contributed by atoms with Gasteiger partial charge in [-0.2, -0.15) is 0 Å². The summed E-state index contributed by atoms with van der Waals surface area (Å²) in [5.41, 5.74) is 12.8. The average Bonchev–Trinajstić information content (AvgIpc) is 3.21. The number of piperidine rings is 1. The second kappa shape index (κ2) is 19.2. The second-order valence-electron chi connectivity index (χ2n) is 13.2. The number of aromatic nitrogens is 1. The van der Waals surface area contributed by atoms with Crippen molar-refractivity contribution in [1.29, 1.82) is 0 Å². The fourth-order valence-electron chi connectivity index (χ4n) is 6.48. The highest BCUT2D eigenvalue weighted by atomic mass is 16.5. The highest BCUT2D eigenvalue weighted by Gasteiger charge is 2.20. The zero-order valence-electron chi connectivity index (χ0n) is 30.5. The standard InChI is InChI=1S/C40H48N8O3.C2H2/c1-45(19-20-46-21-23-51-24-22-46)40(50)33-12-8-11-32(25-33)39(49)44-37-14-13-34(47-17-6-3-7-18-47)27-35(37)38-26-31(15-16-43-38)36(41)29-48(42)28-30-9-4-2-5-10-30;1-2/h2,4-5,8-16,25-27,29H,3,6-7,17-24,28,41-42H2,1H3,(H,44,49);1-2H/b36-29-;. The molecule has 2 amide bonds. The van der Waals surface area contributed by atoms with Crippen molar-refractivity contribution < 1.29 is 14.3 Å². The number of morpholine rings is 1. The van der Waals surface area contributed by atoms with Gasteiger partial charge in [-0.15, -0.1) is 12.8 Å². The van der Waals surface area contributed by atoms with E-state index in [1.165, 1.54) is 6.42 Å². The van der Waals surface area contributed by atoms with E-state index < -0.39 is 0 Å². The van der Waals surface area contributed by atoms with Crippen molar-refractivity contribution in [3.63, 3.8) is 0 Å². The number of nitrogens with two attached hydrogens (primary N) is 2. The molecule has 0 unspecified atom stereocenters. The number of hydrogen-bond donors (Lipinski definition) is 3. The molecule has 0 aliphatic carbocycles. The minimum Gasteiger partial charge on any atom is -0.397 e. The number of terminal acetylenes is 1. The molecule has 1 aromatic heterocycles. The number of hydrazine groups is 1. The van der Waals surface area contributed by atoms with Crippen LogP contribution in [0.15, 0.2) is 97.3 Å². The van der Waals surface area contributed by atoms with Crippen LogP contribution in [0.4, 0.5) is 11.4 Å². The van der Waals surface area contributed by atoms with Gasteiger partial charge >= 0.3 is 0 Å². The number of nitrogens with zero attached hydrogens (tertiary/aromatic N) is 5. The van der Waals surface area contributed by atoms with Crippen LogP contribution < -0.4 is 21.8 Å². The summed E-state index contributed by atoms with van der Waals surface area (Å²) in [7, 11) is 1.79. The van der Waals surface area contributed by atoms with Gasteiger partial charge in [0.25, 0.3) is 11.8 Å². The molecule has 11 heteroatoms. The molecule has 11 nitrogen and oxygen atoms in total. The Hall–Kier alpha value is -5.67. The number of likely N-dealkylation sites (N-methyl/N-ethyl adjacent to an activating group) is 1. The molecule has 3 heterocycles. The van der Waals surface area contributed by atoms with E-state index in [4.69, 9.17) is 21.3 Å². The van der Waals surface area contributed by atoms with Gasteiger partial charge in [0.2, 0.25) is 0 Å². The zero-order chi connectivity index (χ0) is 37.6. The zero-order valence-corrected chi connectivity index (χ0v) is 30.5. The molecule has 4 aromatic rings. The summed E-state index contributed by atoms with van der Waals surface area (Å²) in [6, 6.07) is 26.6. The molecule has 276 valence electrons. The van der Waals surface area contributed by atoms with E-state index in [9.17, 15) is 9.59 Å². The van der Waals surface area contributed by atoms with Gasteiger partial charge < -0.3 is 30.6 Å². The minimum absolute atomic E-state index is 0.129. The number of carbonyl (C=O) groups excluding carboxylic acids is 2. The quantitative estimate of drug-likeness (QED) is 0.102. The highest BCUT2D eigenvalue weighted by Crippen LogP contribution is 2.33. The van der Waals surface area contributed by atoms with Crippen molar-refractivity contribution in [3.05, 3.63) is 120 Å². The molecule has 0 saturated carbocycles. The molecule has 6 rings (SSSR count). The molecule has 2 saturated heterocycles. The number of benzene rings is 3. The Morgan fingerprint density at radius 2 is 1.62 bits per heavy atom. The van der Waals surface area contributed by atoms with Crippen LogP contribution in [-0.4, -0.2) is 91.1 Å². The molecule has 0 radical (unpaired) electrons. The van der Waals surface area contributed by atoms with Gasteiger partial charge in [-0.05, 0) is 73.4 Å². The Kier molecular flexibility index (Phi) is 14.0. The lowest BCUT2D eigenvalue weighted by Gasteiger charge is -2.29. The van der Waals surface area contributed by atoms with Gasteiger partial charge in [0.1, 0.15) is 0 Å². The molecule has 2 aliphatic heterocycles. The topological polar surface area (TPSA) is 133 Å². The third kappa shape index (κ3) is 10.7. The first-order valence-electron chi connectivity index (χ1n) is 18.0. The molecular weight excluding hydrogens is 665 g/mol. The van der Waals surface area contributed by atoms with Gasteiger partial charge in [0, 0.05) is 86.7 Å². The van der Waals surface area contributed by atoms with Crippen LogP contribution in [0.1, 0.15) is 51.1 Å². The van der Waals surface area contributed by atoms with E-state index in [1.54, 1.807) is 53.6 Å². The number of carbonyl (C=O) groups is 2. The van der Waals surface area contributed by atoms with E-state index in [0.717, 1.165) is 67.9 Å². The van der Waals surface area contributed by atoms with E-state index in [1.807, 2.05) is 54.6 Å². The van der Waals surface area contributed by atoms with E-state index in [2.05, 4.69) is 34.0 Å². The summed E-state index contributed by atoms with van der Waals surface area (Å²) < 4.78 is 5.43. The van der Waals surface area contributed by atoms with Crippen molar-refractivity contribution in [3.8, 4) is 24.1 Å². The van der Waals surface area contributed by atoms with Crippen LogP contribution in [0.25, 0.3) is 17.0 Å². The average molecular weight is 715 g/mol. The summed E-state index contributed by atoms with van der Waals surface area (Å²) in [6.07, 6.45) is 14.9. The predicted molar refractivity (Wildman–Crippen MR) is 213 cm³/mol. The van der Waals surface area contributed by atoms with Crippen molar-refractivity contribution >= 4 is 28.9 Å². The number of amides is 2. The Bertz CT molecular complexity index is 1870. The lowest BCUT2D eigenvalue weighted by atomic mass is 10.0. The Morgan fingerprint density at radius 3 is 2.38 bits per heavy atom. The van der Waals surface area contributed by atoms with Gasteiger partial charge in [0.05, 0.1) is 36.8 Å². The van der Waals surface area contributed by atoms with Crippen LogP contribution in [-0.2, 0) is 11.3 Å². The summed E-state index contributed by atoms with van der Waals surface area (Å²) in [5.74, 6) is 5.85. The summed E-state index contributed by atoms with van der Waals surface area (Å²) in [5, 5.41) is 4.68. The predicted octanol–water partition coefficient (Wildman–Crippen LogP) is 5.28. The van der Waals surface area contributed by atoms with Crippen molar-refractivity contribution in [2.24, 2.45) is 11.6 Å².